The fraction of sp³-hybridized carbons (Fsp3) is 0.350. The summed E-state index contributed by atoms with van der Waals surface area (Å²) in [6.07, 6.45) is 0. The van der Waals surface area contributed by atoms with Gasteiger partial charge in [-0.2, -0.15) is 0 Å². The Labute approximate surface area is 173 Å². The quantitative estimate of drug-likeness (QED) is 0.269. The minimum Gasteiger partial charge on any atom is -0.496 e. The molecule has 5 nitrogen and oxygen atoms in total. The van der Waals surface area contributed by atoms with Gasteiger partial charge >= 0.3 is 0 Å². The smallest absolute Gasteiger partial charge is 0.191 e. The highest BCUT2D eigenvalue weighted by molar-refractivity contribution is 14.0. The zero-order valence-corrected chi connectivity index (χ0v) is 17.9. The average Bonchev–Trinajstić information content (AvgIpc) is 2.65. The minimum absolute atomic E-state index is 0. The van der Waals surface area contributed by atoms with Crippen LogP contribution >= 0.6 is 24.0 Å². The number of aryl methyl sites for hydroxylation is 1. The molecule has 0 amide bonds. The average molecular weight is 469 g/mol. The number of aliphatic imine (C=N–C) groups is 1. The van der Waals surface area contributed by atoms with E-state index < -0.39 is 0 Å². The fourth-order valence-corrected chi connectivity index (χ4v) is 2.45. The zero-order chi connectivity index (χ0) is 17.9. The summed E-state index contributed by atoms with van der Waals surface area (Å²) in [6, 6.07) is 16.2. The lowest BCUT2D eigenvalue weighted by molar-refractivity contribution is 0.123. The molecule has 142 valence electrons. The number of hydrogen-bond donors (Lipinski definition) is 2. The molecule has 0 saturated carbocycles. The molecule has 6 heteroatoms. The van der Waals surface area contributed by atoms with E-state index in [1.807, 2.05) is 36.4 Å². The first-order valence-electron chi connectivity index (χ1n) is 8.43. The molecule has 0 atom stereocenters. The maximum absolute atomic E-state index is 5.71. The van der Waals surface area contributed by atoms with Gasteiger partial charge in [0.15, 0.2) is 5.96 Å². The van der Waals surface area contributed by atoms with E-state index in [1.165, 1.54) is 11.1 Å². The third kappa shape index (κ3) is 7.21. The van der Waals surface area contributed by atoms with E-state index in [2.05, 4.69) is 34.7 Å². The number of nitrogens with one attached hydrogen (secondary N) is 2. The van der Waals surface area contributed by atoms with Crippen LogP contribution in [0.15, 0.2) is 53.5 Å². The topological polar surface area (TPSA) is 54.9 Å². The van der Waals surface area contributed by atoms with Crippen LogP contribution in [0.2, 0.25) is 0 Å². The lowest BCUT2D eigenvalue weighted by Gasteiger charge is -2.13. The summed E-state index contributed by atoms with van der Waals surface area (Å²) in [6.45, 7) is 4.65. The molecule has 0 heterocycles. The normalized spacial score (nSPS) is 10.8. The molecule has 0 saturated heterocycles. The highest BCUT2D eigenvalue weighted by atomic mass is 127. The van der Waals surface area contributed by atoms with Crippen molar-refractivity contribution in [1.82, 2.24) is 10.6 Å². The van der Waals surface area contributed by atoms with Gasteiger partial charge in [-0.05, 0) is 24.1 Å². The Kier molecular flexibility index (Phi) is 10.7. The number of methoxy groups -OCH3 is 1. The summed E-state index contributed by atoms with van der Waals surface area (Å²) in [5.74, 6) is 1.62. The molecule has 0 fully saturated rings. The predicted octanol–water partition coefficient (Wildman–Crippen LogP) is 3.50. The lowest BCUT2D eigenvalue weighted by atomic mass is 10.1. The van der Waals surface area contributed by atoms with Crippen molar-refractivity contribution >= 4 is 29.9 Å². The summed E-state index contributed by atoms with van der Waals surface area (Å²) in [4.78, 5) is 4.23. The largest absolute Gasteiger partial charge is 0.496 e. The van der Waals surface area contributed by atoms with Gasteiger partial charge in [0.1, 0.15) is 5.75 Å². The van der Waals surface area contributed by atoms with Gasteiger partial charge in [0.2, 0.25) is 0 Å². The number of para-hydroxylation sites is 1. The van der Waals surface area contributed by atoms with E-state index >= 15 is 0 Å². The number of ether oxygens (including phenoxy) is 2. The molecule has 0 aliphatic carbocycles. The van der Waals surface area contributed by atoms with Crippen molar-refractivity contribution in [2.75, 3.05) is 27.3 Å². The van der Waals surface area contributed by atoms with Crippen molar-refractivity contribution in [1.29, 1.82) is 0 Å². The molecule has 0 radical (unpaired) electrons. The van der Waals surface area contributed by atoms with Gasteiger partial charge in [-0.25, -0.2) is 0 Å². The van der Waals surface area contributed by atoms with Crippen LogP contribution in [-0.4, -0.2) is 33.3 Å². The first-order chi connectivity index (χ1) is 12.2. The number of halogens is 1. The minimum atomic E-state index is 0. The van der Waals surface area contributed by atoms with Crippen LogP contribution in [0.1, 0.15) is 16.7 Å². The predicted molar refractivity (Wildman–Crippen MR) is 117 cm³/mol. The van der Waals surface area contributed by atoms with Crippen molar-refractivity contribution in [3.05, 3.63) is 65.2 Å². The number of rotatable bonds is 8. The van der Waals surface area contributed by atoms with E-state index in [-0.39, 0.29) is 24.0 Å². The van der Waals surface area contributed by atoms with Gasteiger partial charge < -0.3 is 20.1 Å². The molecule has 0 aliphatic rings. The summed E-state index contributed by atoms with van der Waals surface area (Å²) in [5.41, 5.74) is 3.58. The Morgan fingerprint density at radius 1 is 1.00 bits per heavy atom. The van der Waals surface area contributed by atoms with Gasteiger partial charge in [-0.15, -0.1) is 24.0 Å². The highest BCUT2D eigenvalue weighted by Crippen LogP contribution is 2.17. The third-order valence-corrected chi connectivity index (χ3v) is 3.92. The molecule has 0 bridgehead atoms. The maximum atomic E-state index is 5.71. The van der Waals surface area contributed by atoms with Crippen molar-refractivity contribution in [3.63, 3.8) is 0 Å². The Morgan fingerprint density at radius 3 is 2.38 bits per heavy atom. The summed E-state index contributed by atoms with van der Waals surface area (Å²) >= 11 is 0. The first kappa shape index (κ1) is 22.2. The van der Waals surface area contributed by atoms with Gasteiger partial charge in [0.05, 0.1) is 20.3 Å². The van der Waals surface area contributed by atoms with Crippen LogP contribution < -0.4 is 15.4 Å². The van der Waals surface area contributed by atoms with Crippen LogP contribution in [0.5, 0.6) is 5.75 Å². The standard InChI is InChI=1S/C20H27N3O2.HI/c1-16-8-4-5-9-17(16)14-23-20(21-2)22-12-13-25-15-18-10-6-7-11-19(18)24-3;/h4-11H,12-15H2,1-3H3,(H2,21,22,23);1H. The fourth-order valence-electron chi connectivity index (χ4n) is 2.45. The highest BCUT2D eigenvalue weighted by Gasteiger charge is 2.02. The van der Waals surface area contributed by atoms with E-state index in [9.17, 15) is 0 Å². The molecule has 2 aromatic rings. The second kappa shape index (κ2) is 12.5. The summed E-state index contributed by atoms with van der Waals surface area (Å²) in [5, 5.41) is 6.57. The molecule has 0 aliphatic heterocycles. The molecule has 2 aromatic carbocycles. The molecule has 2 N–H and O–H groups in total. The molecule has 0 unspecified atom stereocenters. The van der Waals surface area contributed by atoms with Crippen molar-refractivity contribution in [2.45, 2.75) is 20.1 Å². The van der Waals surface area contributed by atoms with E-state index in [4.69, 9.17) is 9.47 Å². The van der Waals surface area contributed by atoms with Crippen molar-refractivity contribution in [2.24, 2.45) is 4.99 Å². The molecule has 0 aromatic heterocycles. The van der Waals surface area contributed by atoms with Crippen LogP contribution in [0, 0.1) is 6.92 Å². The SMILES string of the molecule is CN=C(NCCOCc1ccccc1OC)NCc1ccccc1C.I. The Morgan fingerprint density at radius 2 is 1.69 bits per heavy atom. The van der Waals surface area contributed by atoms with Crippen LogP contribution in [0.25, 0.3) is 0 Å². The monoisotopic (exact) mass is 469 g/mol. The van der Waals surface area contributed by atoms with Gasteiger partial charge in [-0.3, -0.25) is 4.99 Å². The van der Waals surface area contributed by atoms with Gasteiger partial charge in [0, 0.05) is 25.7 Å². The zero-order valence-electron chi connectivity index (χ0n) is 15.6. The van der Waals surface area contributed by atoms with E-state index in [1.54, 1.807) is 14.2 Å². The van der Waals surface area contributed by atoms with Gasteiger partial charge in [0.25, 0.3) is 0 Å². The van der Waals surface area contributed by atoms with Crippen molar-refractivity contribution < 1.29 is 9.47 Å². The number of hydrogen-bond acceptors (Lipinski definition) is 3. The lowest BCUT2D eigenvalue weighted by Crippen LogP contribution is -2.38. The van der Waals surface area contributed by atoms with E-state index in [0.29, 0.717) is 19.8 Å². The Hall–Kier alpha value is -1.80. The molecular weight excluding hydrogens is 441 g/mol. The summed E-state index contributed by atoms with van der Waals surface area (Å²) in [7, 11) is 3.44. The Bertz CT molecular complexity index is 692. The van der Waals surface area contributed by atoms with Crippen LogP contribution in [-0.2, 0) is 17.9 Å². The molecule has 26 heavy (non-hydrogen) atoms. The molecule has 2 rings (SSSR count). The van der Waals surface area contributed by atoms with Crippen molar-refractivity contribution in [3.8, 4) is 5.75 Å². The van der Waals surface area contributed by atoms with Crippen LogP contribution in [0.3, 0.4) is 0 Å². The van der Waals surface area contributed by atoms with Crippen LogP contribution in [0.4, 0.5) is 0 Å². The number of guanidine groups is 1. The maximum Gasteiger partial charge on any atom is 0.191 e. The second-order valence-corrected chi connectivity index (χ2v) is 5.64. The number of benzene rings is 2. The van der Waals surface area contributed by atoms with E-state index in [0.717, 1.165) is 23.8 Å². The molecule has 0 spiro atoms. The number of nitrogens with zero attached hydrogens (tertiary/aromatic N) is 1. The first-order valence-corrected chi connectivity index (χ1v) is 8.43. The van der Waals surface area contributed by atoms with Gasteiger partial charge in [-0.1, -0.05) is 42.5 Å². The third-order valence-electron chi connectivity index (χ3n) is 3.92. The molecular formula is C20H28IN3O2. The second-order valence-electron chi connectivity index (χ2n) is 5.64. The Balaban J connectivity index is 0.00000338. The summed E-state index contributed by atoms with van der Waals surface area (Å²) < 4.78 is 11.0.